The van der Waals surface area contributed by atoms with Gasteiger partial charge in [-0.2, -0.15) is 4.98 Å². The van der Waals surface area contributed by atoms with Gasteiger partial charge in [0.25, 0.3) is 0 Å². The third-order valence-electron chi connectivity index (χ3n) is 7.14. The van der Waals surface area contributed by atoms with E-state index in [2.05, 4.69) is 27.1 Å². The zero-order valence-corrected chi connectivity index (χ0v) is 23.9. The van der Waals surface area contributed by atoms with Crippen LogP contribution in [0.1, 0.15) is 12.8 Å². The highest BCUT2D eigenvalue weighted by Crippen LogP contribution is 2.38. The number of para-hydroxylation sites is 2. The predicted molar refractivity (Wildman–Crippen MR) is 163 cm³/mol. The van der Waals surface area contributed by atoms with E-state index in [-0.39, 0.29) is 17.5 Å². The average Bonchev–Trinajstić information content (AvgIpc) is 3.75. The summed E-state index contributed by atoms with van der Waals surface area (Å²) in [4.78, 5) is 39.1. The van der Waals surface area contributed by atoms with Crippen molar-refractivity contribution in [1.29, 1.82) is 0 Å². The number of nitrogens with zero attached hydrogens (tertiary/aromatic N) is 6. The number of carbonyl (C=O) groups is 1. The van der Waals surface area contributed by atoms with E-state index in [0.29, 0.717) is 35.4 Å². The van der Waals surface area contributed by atoms with E-state index >= 15 is 0 Å². The number of likely N-dealkylation sites (N-methyl/N-ethyl adjacent to an activating group) is 2. The number of carbonyl (C=O) groups excluding carboxylic acids is 1. The molecule has 11 heteroatoms. The fraction of sp³-hybridized carbons (Fsp3) is 0.333. The fourth-order valence-electron chi connectivity index (χ4n) is 4.72. The molecule has 0 spiro atoms. The number of amides is 1. The van der Waals surface area contributed by atoms with Crippen molar-refractivity contribution in [2.75, 3.05) is 56.9 Å². The quantitative estimate of drug-likeness (QED) is 0.253. The Kier molecular flexibility index (Phi) is 8.06. The summed E-state index contributed by atoms with van der Waals surface area (Å²) < 4.78 is 9.18. The van der Waals surface area contributed by atoms with Crippen LogP contribution in [0.4, 0.5) is 23.0 Å². The van der Waals surface area contributed by atoms with Crippen LogP contribution in [-0.2, 0) is 11.3 Å². The maximum atomic E-state index is 13.6. The van der Waals surface area contributed by atoms with Crippen LogP contribution in [0.5, 0.6) is 5.75 Å². The van der Waals surface area contributed by atoms with Crippen molar-refractivity contribution >= 4 is 40.0 Å². The number of benzene rings is 2. The second-order valence-corrected chi connectivity index (χ2v) is 10.5. The molecule has 41 heavy (non-hydrogen) atoms. The number of anilines is 4. The molecule has 0 unspecified atom stereocenters. The van der Waals surface area contributed by atoms with E-state index in [0.717, 1.165) is 42.7 Å². The Morgan fingerprint density at radius 3 is 2.56 bits per heavy atom. The van der Waals surface area contributed by atoms with Gasteiger partial charge in [-0.3, -0.25) is 9.36 Å². The van der Waals surface area contributed by atoms with E-state index in [9.17, 15) is 9.59 Å². The third kappa shape index (κ3) is 6.09. The molecular weight excluding hydrogens is 520 g/mol. The molecule has 0 bridgehead atoms. The Morgan fingerprint density at radius 2 is 1.88 bits per heavy atom. The first kappa shape index (κ1) is 27.9. The van der Waals surface area contributed by atoms with Crippen LogP contribution >= 0.6 is 0 Å². The van der Waals surface area contributed by atoms with Gasteiger partial charge in [-0.05, 0) is 57.1 Å². The number of hydrogen-bond donors (Lipinski definition) is 2. The van der Waals surface area contributed by atoms with Crippen LogP contribution in [0, 0.1) is 5.92 Å². The number of nitrogens with one attached hydrogen (secondary N) is 2. The minimum absolute atomic E-state index is 0.125. The van der Waals surface area contributed by atoms with Gasteiger partial charge >= 0.3 is 5.69 Å². The normalized spacial score (nSPS) is 12.9. The largest absolute Gasteiger partial charge is 0.494 e. The molecule has 0 atom stereocenters. The number of fused-ring (bicyclic) bond motifs is 1. The summed E-state index contributed by atoms with van der Waals surface area (Å²) in [6.07, 6.45) is 5.13. The molecule has 0 aliphatic heterocycles. The molecule has 2 N–H and O–H groups in total. The number of aromatic nitrogens is 4. The standard InChI is InChI=1S/C30H36N8O3/c1-6-28(39)32-21-17-22(26(41-5)18-25(21)36(4)16-15-35(2)3)33-29-31-14-13-27(34-29)38-24-10-8-7-9-23(24)37(30(38)40)19-20-11-12-20/h6-10,13-14,17-18,20H,1,11-12,15-16,19H2,2-5H3,(H,32,39)(H,31,33,34). The molecule has 2 aromatic carbocycles. The average molecular weight is 557 g/mol. The highest BCUT2D eigenvalue weighted by Gasteiger charge is 2.25. The molecule has 11 nitrogen and oxygen atoms in total. The molecule has 1 aliphatic rings. The number of methoxy groups -OCH3 is 1. The predicted octanol–water partition coefficient (Wildman–Crippen LogP) is 3.87. The summed E-state index contributed by atoms with van der Waals surface area (Å²) in [5.41, 5.74) is 3.47. The second kappa shape index (κ2) is 11.8. The summed E-state index contributed by atoms with van der Waals surface area (Å²) in [5, 5.41) is 6.12. The van der Waals surface area contributed by atoms with Crippen LogP contribution in [0.15, 0.2) is 66.1 Å². The highest BCUT2D eigenvalue weighted by molar-refractivity contribution is 6.02. The lowest BCUT2D eigenvalue weighted by molar-refractivity contribution is -0.111. The lowest BCUT2D eigenvalue weighted by Crippen LogP contribution is -2.29. The van der Waals surface area contributed by atoms with E-state index in [1.807, 2.05) is 60.9 Å². The second-order valence-electron chi connectivity index (χ2n) is 10.5. The molecule has 1 saturated carbocycles. The molecule has 1 fully saturated rings. The van der Waals surface area contributed by atoms with Crippen molar-refractivity contribution in [2.45, 2.75) is 19.4 Å². The number of hydrogen-bond acceptors (Lipinski definition) is 8. The Balaban J connectivity index is 1.52. The van der Waals surface area contributed by atoms with E-state index in [1.165, 1.54) is 6.08 Å². The minimum atomic E-state index is -0.330. The van der Waals surface area contributed by atoms with Gasteiger partial charge in [-0.25, -0.2) is 14.3 Å². The van der Waals surface area contributed by atoms with Gasteiger partial charge in [0.05, 0.1) is 35.2 Å². The highest BCUT2D eigenvalue weighted by atomic mass is 16.5. The van der Waals surface area contributed by atoms with Gasteiger partial charge < -0.3 is 25.2 Å². The van der Waals surface area contributed by atoms with Gasteiger partial charge in [0.2, 0.25) is 11.9 Å². The first-order chi connectivity index (χ1) is 19.8. The fourth-order valence-corrected chi connectivity index (χ4v) is 4.72. The molecular formula is C30H36N8O3. The molecule has 1 aliphatic carbocycles. The van der Waals surface area contributed by atoms with Crippen molar-refractivity contribution in [1.82, 2.24) is 24.0 Å². The van der Waals surface area contributed by atoms with Crippen molar-refractivity contribution in [3.63, 3.8) is 0 Å². The van der Waals surface area contributed by atoms with Gasteiger partial charge in [0.15, 0.2) is 0 Å². The van der Waals surface area contributed by atoms with Crippen LogP contribution in [0.25, 0.3) is 16.9 Å². The zero-order chi connectivity index (χ0) is 29.1. The third-order valence-corrected chi connectivity index (χ3v) is 7.14. The van der Waals surface area contributed by atoms with Crippen molar-refractivity contribution in [3.05, 3.63) is 71.8 Å². The summed E-state index contributed by atoms with van der Waals surface area (Å²) in [7, 11) is 7.56. The molecule has 4 aromatic rings. The molecule has 0 radical (unpaired) electrons. The lowest BCUT2D eigenvalue weighted by atomic mass is 10.2. The number of imidazole rings is 1. The zero-order valence-electron chi connectivity index (χ0n) is 23.9. The first-order valence-electron chi connectivity index (χ1n) is 13.6. The van der Waals surface area contributed by atoms with Gasteiger partial charge in [0, 0.05) is 45.0 Å². The Hall–Kier alpha value is -4.64. The van der Waals surface area contributed by atoms with Crippen molar-refractivity contribution in [3.8, 4) is 11.6 Å². The number of rotatable bonds is 12. The Morgan fingerprint density at radius 1 is 1.12 bits per heavy atom. The number of ether oxygens (including phenoxy) is 1. The van der Waals surface area contributed by atoms with Gasteiger partial charge in [-0.15, -0.1) is 0 Å². The summed E-state index contributed by atoms with van der Waals surface area (Å²) in [5.74, 6) is 1.49. The monoisotopic (exact) mass is 556 g/mol. The van der Waals surface area contributed by atoms with E-state index in [1.54, 1.807) is 30.0 Å². The molecule has 5 rings (SSSR count). The minimum Gasteiger partial charge on any atom is -0.494 e. The van der Waals surface area contributed by atoms with E-state index in [4.69, 9.17) is 9.72 Å². The molecule has 2 heterocycles. The van der Waals surface area contributed by atoms with Crippen LogP contribution < -0.4 is 26.0 Å². The maximum absolute atomic E-state index is 13.6. The van der Waals surface area contributed by atoms with Crippen molar-refractivity contribution < 1.29 is 9.53 Å². The van der Waals surface area contributed by atoms with Crippen LogP contribution in [-0.4, -0.2) is 71.3 Å². The molecule has 2 aromatic heterocycles. The molecule has 1 amide bonds. The van der Waals surface area contributed by atoms with Gasteiger partial charge in [0.1, 0.15) is 11.6 Å². The summed E-state index contributed by atoms with van der Waals surface area (Å²) >= 11 is 0. The molecule has 0 saturated heterocycles. The summed E-state index contributed by atoms with van der Waals surface area (Å²) in [6.45, 7) is 5.84. The van der Waals surface area contributed by atoms with Gasteiger partial charge in [-0.1, -0.05) is 18.7 Å². The van der Waals surface area contributed by atoms with Crippen molar-refractivity contribution in [2.24, 2.45) is 5.92 Å². The maximum Gasteiger partial charge on any atom is 0.334 e. The Bertz CT molecular complexity index is 1640. The lowest BCUT2D eigenvalue weighted by Gasteiger charge is -2.26. The smallest absolute Gasteiger partial charge is 0.334 e. The molecule has 214 valence electrons. The first-order valence-corrected chi connectivity index (χ1v) is 13.6. The van der Waals surface area contributed by atoms with E-state index < -0.39 is 0 Å². The Labute approximate surface area is 239 Å². The summed E-state index contributed by atoms with van der Waals surface area (Å²) in [6, 6.07) is 13.1. The van der Waals surface area contributed by atoms with Crippen LogP contribution in [0.3, 0.4) is 0 Å². The topological polar surface area (TPSA) is 110 Å². The van der Waals surface area contributed by atoms with Crippen LogP contribution in [0.2, 0.25) is 0 Å². The SMILES string of the molecule is C=CC(=O)Nc1cc(Nc2nccc(-n3c(=O)n(CC4CC4)c4ccccc43)n2)c(OC)cc1N(C)CCN(C)C.